The maximum Gasteiger partial charge on any atom is 0.341 e. The van der Waals surface area contributed by atoms with Crippen LogP contribution in [0.5, 0.6) is 0 Å². The molecule has 2 N–H and O–H groups in total. The molecule has 3 atom stereocenters. The summed E-state index contributed by atoms with van der Waals surface area (Å²) in [5.74, 6) is 0.879. The minimum atomic E-state index is -1.20. The van der Waals surface area contributed by atoms with E-state index in [-0.39, 0.29) is 5.56 Å². The number of aromatic carboxylic acids is 1. The third-order valence-corrected chi connectivity index (χ3v) is 6.71. The molecule has 1 aliphatic carbocycles. The summed E-state index contributed by atoms with van der Waals surface area (Å²) < 4.78 is 0. The number of carbonyl (C=O) groups is 1. The SMILES string of the molecule is C=CC1CCCC2CN(c3ccc(-c4[nH]c(=O)c(C(=O)O)cc4CC)cc3)CC12. The van der Waals surface area contributed by atoms with Crippen LogP contribution < -0.4 is 10.5 Å². The van der Waals surface area contributed by atoms with Gasteiger partial charge in [0.05, 0.1) is 5.69 Å². The zero-order valence-corrected chi connectivity index (χ0v) is 16.9. The number of hydrogen-bond donors (Lipinski definition) is 2. The predicted molar refractivity (Wildman–Crippen MR) is 116 cm³/mol. The van der Waals surface area contributed by atoms with Gasteiger partial charge in [0.15, 0.2) is 0 Å². The second-order valence-electron chi connectivity index (χ2n) is 8.28. The lowest BCUT2D eigenvalue weighted by Gasteiger charge is -2.30. The Morgan fingerprint density at radius 2 is 2.03 bits per heavy atom. The Morgan fingerprint density at radius 3 is 2.69 bits per heavy atom. The van der Waals surface area contributed by atoms with E-state index in [1.807, 2.05) is 19.1 Å². The molecule has 4 rings (SSSR count). The molecule has 5 nitrogen and oxygen atoms in total. The van der Waals surface area contributed by atoms with Crippen molar-refractivity contribution in [3.05, 3.63) is 64.5 Å². The van der Waals surface area contributed by atoms with Crippen LogP contribution in [-0.4, -0.2) is 29.1 Å². The molecule has 2 heterocycles. The van der Waals surface area contributed by atoms with Crippen molar-refractivity contribution in [2.24, 2.45) is 17.8 Å². The standard InChI is InChI=1S/C24H28N2O3/c1-3-15-6-5-7-18-13-26(14-21(15)18)19-10-8-17(9-11-19)22-16(4-2)12-20(24(28)29)23(27)25-22/h3,8-12,15,18,21H,1,4-7,13-14H2,2H3,(H,25,27)(H,28,29). The van der Waals surface area contributed by atoms with Gasteiger partial charge < -0.3 is 15.0 Å². The number of carboxylic acid groups (broad SMARTS) is 1. The van der Waals surface area contributed by atoms with Crippen molar-refractivity contribution in [1.82, 2.24) is 4.98 Å². The highest BCUT2D eigenvalue weighted by molar-refractivity contribution is 5.88. The third kappa shape index (κ3) is 3.61. The molecule has 0 amide bonds. The first-order valence-corrected chi connectivity index (χ1v) is 10.5. The van der Waals surface area contributed by atoms with Crippen LogP contribution in [0.25, 0.3) is 11.3 Å². The molecule has 0 spiro atoms. The molecule has 0 bridgehead atoms. The highest BCUT2D eigenvalue weighted by Crippen LogP contribution is 2.42. The van der Waals surface area contributed by atoms with Crippen LogP contribution >= 0.6 is 0 Å². The quantitative estimate of drug-likeness (QED) is 0.743. The fourth-order valence-electron chi connectivity index (χ4n) is 5.13. The summed E-state index contributed by atoms with van der Waals surface area (Å²) in [6, 6.07) is 9.75. The number of aryl methyl sites for hydroxylation is 1. The van der Waals surface area contributed by atoms with Gasteiger partial charge in [-0.2, -0.15) is 0 Å². The summed E-state index contributed by atoms with van der Waals surface area (Å²) in [6.07, 6.45) is 6.65. The molecule has 0 radical (unpaired) electrons. The van der Waals surface area contributed by atoms with Crippen molar-refractivity contribution < 1.29 is 9.90 Å². The maximum absolute atomic E-state index is 12.1. The van der Waals surface area contributed by atoms with E-state index in [2.05, 4.69) is 34.7 Å². The van der Waals surface area contributed by atoms with Crippen molar-refractivity contribution in [3.8, 4) is 11.3 Å². The van der Waals surface area contributed by atoms with Gasteiger partial charge in [0, 0.05) is 18.8 Å². The van der Waals surface area contributed by atoms with E-state index in [0.29, 0.717) is 24.0 Å². The normalized spacial score (nSPS) is 23.6. The summed E-state index contributed by atoms with van der Waals surface area (Å²) in [4.78, 5) is 28.6. The number of allylic oxidation sites excluding steroid dienone is 1. The number of aromatic nitrogens is 1. The smallest absolute Gasteiger partial charge is 0.341 e. The first-order valence-electron chi connectivity index (χ1n) is 10.5. The number of benzene rings is 1. The van der Waals surface area contributed by atoms with Crippen LogP contribution in [0, 0.1) is 17.8 Å². The van der Waals surface area contributed by atoms with Crippen molar-refractivity contribution in [2.75, 3.05) is 18.0 Å². The van der Waals surface area contributed by atoms with Gasteiger partial charge in [-0.05, 0) is 66.3 Å². The molecule has 1 aromatic carbocycles. The molecular weight excluding hydrogens is 364 g/mol. The molecule has 29 heavy (non-hydrogen) atoms. The van der Waals surface area contributed by atoms with Crippen molar-refractivity contribution in [2.45, 2.75) is 32.6 Å². The first kappa shape index (κ1) is 19.5. The van der Waals surface area contributed by atoms with Crippen LogP contribution in [0.2, 0.25) is 0 Å². The minimum Gasteiger partial charge on any atom is -0.477 e. The zero-order chi connectivity index (χ0) is 20.5. The molecule has 1 saturated heterocycles. The highest BCUT2D eigenvalue weighted by atomic mass is 16.4. The summed E-state index contributed by atoms with van der Waals surface area (Å²) in [5, 5.41) is 9.20. The minimum absolute atomic E-state index is 0.210. The average molecular weight is 392 g/mol. The number of carboxylic acids is 1. The van der Waals surface area contributed by atoms with E-state index >= 15 is 0 Å². The first-order chi connectivity index (χ1) is 14.0. The molecule has 2 aromatic rings. The van der Waals surface area contributed by atoms with E-state index in [1.165, 1.54) is 31.0 Å². The molecule has 152 valence electrons. The Balaban J connectivity index is 1.59. The number of aromatic amines is 1. The number of nitrogens with zero attached hydrogens (tertiary/aromatic N) is 1. The molecule has 5 heteroatoms. The van der Waals surface area contributed by atoms with Gasteiger partial charge in [-0.25, -0.2) is 4.79 Å². The summed E-state index contributed by atoms with van der Waals surface area (Å²) in [5.41, 5.74) is 2.87. The van der Waals surface area contributed by atoms with Crippen LogP contribution in [-0.2, 0) is 6.42 Å². The topological polar surface area (TPSA) is 73.4 Å². The van der Waals surface area contributed by atoms with Gasteiger partial charge in [0.25, 0.3) is 5.56 Å². The van der Waals surface area contributed by atoms with Crippen LogP contribution in [0.1, 0.15) is 42.1 Å². The summed E-state index contributed by atoms with van der Waals surface area (Å²) >= 11 is 0. The van der Waals surface area contributed by atoms with Gasteiger partial charge in [0.2, 0.25) is 0 Å². The van der Waals surface area contributed by atoms with Crippen LogP contribution in [0.15, 0.2) is 47.8 Å². The van der Waals surface area contributed by atoms with Crippen molar-refractivity contribution >= 4 is 11.7 Å². The fourth-order valence-corrected chi connectivity index (χ4v) is 5.13. The zero-order valence-electron chi connectivity index (χ0n) is 16.9. The molecular formula is C24H28N2O3. The van der Waals surface area contributed by atoms with Gasteiger partial charge in [0.1, 0.15) is 5.56 Å². The van der Waals surface area contributed by atoms with Crippen LogP contribution in [0.3, 0.4) is 0 Å². The second kappa shape index (κ2) is 7.90. The van der Waals surface area contributed by atoms with E-state index in [9.17, 15) is 14.7 Å². The Kier molecular flexibility index (Phi) is 5.31. The van der Waals surface area contributed by atoms with Crippen LogP contribution in [0.4, 0.5) is 5.69 Å². The fraction of sp³-hybridized carbons (Fsp3) is 0.417. The van der Waals surface area contributed by atoms with E-state index in [0.717, 1.165) is 30.1 Å². The molecule has 1 aromatic heterocycles. The lowest BCUT2D eigenvalue weighted by atomic mass is 9.74. The third-order valence-electron chi connectivity index (χ3n) is 6.71. The predicted octanol–water partition coefficient (Wildman–Crippen LogP) is 4.34. The van der Waals surface area contributed by atoms with Crippen molar-refractivity contribution in [3.63, 3.8) is 0 Å². The summed E-state index contributed by atoms with van der Waals surface area (Å²) in [6.45, 7) is 8.17. The van der Waals surface area contributed by atoms with Gasteiger partial charge >= 0.3 is 5.97 Å². The number of H-pyrrole nitrogens is 1. The molecule has 2 aliphatic rings. The Bertz CT molecular complexity index is 977. The van der Waals surface area contributed by atoms with Gasteiger partial charge in [-0.1, -0.05) is 31.6 Å². The van der Waals surface area contributed by atoms with E-state index in [4.69, 9.17) is 0 Å². The molecule has 2 fully saturated rings. The Labute approximate surface area is 171 Å². The Morgan fingerprint density at radius 1 is 1.28 bits per heavy atom. The number of fused-ring (bicyclic) bond motifs is 1. The summed E-state index contributed by atoms with van der Waals surface area (Å²) in [7, 11) is 0. The average Bonchev–Trinajstić information content (AvgIpc) is 3.18. The second-order valence-corrected chi connectivity index (χ2v) is 8.28. The van der Waals surface area contributed by atoms with Crippen molar-refractivity contribution in [1.29, 1.82) is 0 Å². The van der Waals surface area contributed by atoms with Gasteiger partial charge in [-0.15, -0.1) is 6.58 Å². The number of hydrogen-bond acceptors (Lipinski definition) is 3. The lowest BCUT2D eigenvalue weighted by Crippen LogP contribution is -2.25. The molecule has 1 aliphatic heterocycles. The number of pyridine rings is 1. The maximum atomic E-state index is 12.1. The largest absolute Gasteiger partial charge is 0.477 e. The lowest BCUT2D eigenvalue weighted by molar-refractivity contribution is 0.0695. The number of rotatable bonds is 5. The molecule has 3 unspecified atom stereocenters. The number of anilines is 1. The van der Waals surface area contributed by atoms with E-state index < -0.39 is 11.5 Å². The monoisotopic (exact) mass is 392 g/mol. The number of nitrogens with one attached hydrogen (secondary N) is 1. The Hall–Kier alpha value is -2.82. The molecule has 1 saturated carbocycles. The highest BCUT2D eigenvalue weighted by Gasteiger charge is 2.39. The van der Waals surface area contributed by atoms with Gasteiger partial charge in [-0.3, -0.25) is 4.79 Å². The van der Waals surface area contributed by atoms with E-state index in [1.54, 1.807) is 0 Å².